The molecule has 0 amide bonds. The maximum Gasteiger partial charge on any atom is 0.127 e. The molecule has 0 aliphatic heterocycles. The molecule has 15 heavy (non-hydrogen) atoms. The first kappa shape index (κ1) is 9.86. The van der Waals surface area contributed by atoms with Crippen LogP contribution in [0.15, 0.2) is 36.9 Å². The fourth-order valence-corrected chi connectivity index (χ4v) is 1.56. The Balaban J connectivity index is 2.28. The van der Waals surface area contributed by atoms with Crippen molar-refractivity contribution >= 4 is 0 Å². The highest BCUT2D eigenvalue weighted by Crippen LogP contribution is 2.16. The van der Waals surface area contributed by atoms with Crippen LogP contribution in [0, 0.1) is 0 Å². The number of aromatic nitrogens is 3. The molecule has 0 bridgehead atoms. The van der Waals surface area contributed by atoms with E-state index in [1.807, 2.05) is 24.5 Å². The van der Waals surface area contributed by atoms with Crippen molar-refractivity contribution in [3.8, 4) is 0 Å². The SMILES string of the molecule is CCNC(c1cccnc1)c1ncc[nH]1. The zero-order valence-electron chi connectivity index (χ0n) is 8.64. The van der Waals surface area contributed by atoms with Crippen molar-refractivity contribution in [2.45, 2.75) is 13.0 Å². The van der Waals surface area contributed by atoms with Crippen LogP contribution in [-0.4, -0.2) is 21.5 Å². The molecule has 2 N–H and O–H groups in total. The first-order valence-electron chi connectivity index (χ1n) is 5.04. The second-order valence-electron chi connectivity index (χ2n) is 3.25. The predicted octanol–water partition coefficient (Wildman–Crippen LogP) is 1.50. The zero-order valence-corrected chi connectivity index (χ0v) is 8.64. The first-order valence-corrected chi connectivity index (χ1v) is 5.04. The summed E-state index contributed by atoms with van der Waals surface area (Å²) in [6, 6.07) is 4.07. The van der Waals surface area contributed by atoms with Gasteiger partial charge in [0.15, 0.2) is 0 Å². The molecule has 0 radical (unpaired) electrons. The maximum absolute atomic E-state index is 4.27. The average molecular weight is 202 g/mol. The van der Waals surface area contributed by atoms with Gasteiger partial charge in [-0.05, 0) is 18.2 Å². The lowest BCUT2D eigenvalue weighted by molar-refractivity contribution is 0.602. The number of pyridine rings is 1. The molecule has 0 saturated carbocycles. The Hall–Kier alpha value is -1.68. The minimum Gasteiger partial charge on any atom is -0.347 e. The summed E-state index contributed by atoms with van der Waals surface area (Å²) in [5.41, 5.74) is 1.12. The molecule has 1 unspecified atom stereocenters. The molecule has 0 fully saturated rings. The molecular formula is C11H14N4. The van der Waals surface area contributed by atoms with Crippen molar-refractivity contribution in [3.05, 3.63) is 48.3 Å². The smallest absolute Gasteiger partial charge is 0.127 e. The van der Waals surface area contributed by atoms with E-state index >= 15 is 0 Å². The van der Waals surface area contributed by atoms with Crippen molar-refractivity contribution in [1.29, 1.82) is 0 Å². The largest absolute Gasteiger partial charge is 0.347 e. The second-order valence-corrected chi connectivity index (χ2v) is 3.25. The van der Waals surface area contributed by atoms with Crippen molar-refractivity contribution < 1.29 is 0 Å². The summed E-state index contributed by atoms with van der Waals surface area (Å²) in [5.74, 6) is 0.921. The van der Waals surface area contributed by atoms with Crippen LogP contribution in [-0.2, 0) is 0 Å². The number of nitrogens with zero attached hydrogens (tertiary/aromatic N) is 2. The van der Waals surface area contributed by atoms with Gasteiger partial charge in [0.2, 0.25) is 0 Å². The van der Waals surface area contributed by atoms with Crippen molar-refractivity contribution in [2.24, 2.45) is 0 Å². The van der Waals surface area contributed by atoms with Gasteiger partial charge in [-0.2, -0.15) is 0 Å². The van der Waals surface area contributed by atoms with Gasteiger partial charge >= 0.3 is 0 Å². The number of rotatable bonds is 4. The molecule has 0 saturated heterocycles. The Labute approximate surface area is 88.8 Å². The Bertz CT molecular complexity index is 382. The van der Waals surface area contributed by atoms with Gasteiger partial charge in [-0.25, -0.2) is 4.98 Å². The van der Waals surface area contributed by atoms with Crippen LogP contribution in [0.5, 0.6) is 0 Å². The minimum atomic E-state index is 0.0960. The van der Waals surface area contributed by atoms with Crippen LogP contribution >= 0.6 is 0 Å². The molecule has 4 heteroatoms. The molecule has 2 aromatic heterocycles. The van der Waals surface area contributed by atoms with E-state index in [1.165, 1.54) is 0 Å². The Morgan fingerprint density at radius 3 is 3.00 bits per heavy atom. The molecule has 4 nitrogen and oxygen atoms in total. The van der Waals surface area contributed by atoms with E-state index in [2.05, 4.69) is 27.2 Å². The summed E-state index contributed by atoms with van der Waals surface area (Å²) in [6.07, 6.45) is 7.22. The number of hydrogen-bond donors (Lipinski definition) is 2. The van der Waals surface area contributed by atoms with Crippen LogP contribution in [0.2, 0.25) is 0 Å². The molecule has 2 heterocycles. The molecule has 0 aromatic carbocycles. The van der Waals surface area contributed by atoms with E-state index in [9.17, 15) is 0 Å². The Morgan fingerprint density at radius 2 is 2.40 bits per heavy atom. The van der Waals surface area contributed by atoms with Crippen molar-refractivity contribution in [1.82, 2.24) is 20.3 Å². The molecule has 1 atom stereocenters. The van der Waals surface area contributed by atoms with Crippen molar-refractivity contribution in [3.63, 3.8) is 0 Å². The Kier molecular flexibility index (Phi) is 3.09. The third kappa shape index (κ3) is 2.22. The molecule has 2 aromatic rings. The van der Waals surface area contributed by atoms with Gasteiger partial charge in [-0.1, -0.05) is 13.0 Å². The summed E-state index contributed by atoms with van der Waals surface area (Å²) in [4.78, 5) is 11.5. The third-order valence-corrected chi connectivity index (χ3v) is 2.22. The minimum absolute atomic E-state index is 0.0960. The first-order chi connectivity index (χ1) is 7.42. The van der Waals surface area contributed by atoms with Gasteiger partial charge in [0, 0.05) is 24.8 Å². The molecule has 2 rings (SSSR count). The number of H-pyrrole nitrogens is 1. The summed E-state index contributed by atoms with van der Waals surface area (Å²) >= 11 is 0. The summed E-state index contributed by atoms with van der Waals surface area (Å²) < 4.78 is 0. The van der Waals surface area contributed by atoms with Gasteiger partial charge in [0.25, 0.3) is 0 Å². The van der Waals surface area contributed by atoms with E-state index < -0.39 is 0 Å². The number of hydrogen-bond acceptors (Lipinski definition) is 3. The highest BCUT2D eigenvalue weighted by molar-refractivity contribution is 5.21. The lowest BCUT2D eigenvalue weighted by Crippen LogP contribution is -2.23. The molecule has 0 spiro atoms. The third-order valence-electron chi connectivity index (χ3n) is 2.22. The van der Waals surface area contributed by atoms with Gasteiger partial charge in [-0.3, -0.25) is 4.98 Å². The average Bonchev–Trinajstić information content (AvgIpc) is 2.80. The lowest BCUT2D eigenvalue weighted by Gasteiger charge is -2.15. The highest BCUT2D eigenvalue weighted by atomic mass is 15.0. The van der Waals surface area contributed by atoms with Gasteiger partial charge < -0.3 is 10.3 Å². The molecule has 0 aliphatic rings. The number of imidazole rings is 1. The highest BCUT2D eigenvalue weighted by Gasteiger charge is 2.14. The van der Waals surface area contributed by atoms with Crippen LogP contribution < -0.4 is 5.32 Å². The normalized spacial score (nSPS) is 12.6. The van der Waals surface area contributed by atoms with Crippen LogP contribution in [0.1, 0.15) is 24.4 Å². The van der Waals surface area contributed by atoms with Gasteiger partial charge in [0.05, 0.1) is 6.04 Å². The van der Waals surface area contributed by atoms with E-state index in [0.29, 0.717) is 0 Å². The van der Waals surface area contributed by atoms with E-state index in [1.54, 1.807) is 12.4 Å². The van der Waals surface area contributed by atoms with E-state index in [-0.39, 0.29) is 6.04 Å². The second kappa shape index (κ2) is 4.70. The molecule has 0 aliphatic carbocycles. The van der Waals surface area contributed by atoms with Crippen LogP contribution in [0.25, 0.3) is 0 Å². The van der Waals surface area contributed by atoms with E-state index in [0.717, 1.165) is 17.9 Å². The van der Waals surface area contributed by atoms with Crippen LogP contribution in [0.4, 0.5) is 0 Å². The van der Waals surface area contributed by atoms with Gasteiger partial charge in [0.1, 0.15) is 5.82 Å². The molecular weight excluding hydrogens is 188 g/mol. The zero-order chi connectivity index (χ0) is 10.5. The summed E-state index contributed by atoms with van der Waals surface area (Å²) in [5, 5.41) is 3.37. The van der Waals surface area contributed by atoms with Gasteiger partial charge in [-0.15, -0.1) is 0 Å². The predicted molar refractivity (Wildman–Crippen MR) is 58.3 cm³/mol. The maximum atomic E-state index is 4.27. The number of nitrogens with one attached hydrogen (secondary N) is 2. The van der Waals surface area contributed by atoms with Crippen molar-refractivity contribution in [2.75, 3.05) is 6.54 Å². The monoisotopic (exact) mass is 202 g/mol. The Morgan fingerprint density at radius 1 is 1.47 bits per heavy atom. The lowest BCUT2D eigenvalue weighted by atomic mass is 10.1. The summed E-state index contributed by atoms with van der Waals surface area (Å²) in [7, 11) is 0. The topological polar surface area (TPSA) is 53.6 Å². The van der Waals surface area contributed by atoms with Crippen LogP contribution in [0.3, 0.4) is 0 Å². The summed E-state index contributed by atoms with van der Waals surface area (Å²) in [6.45, 7) is 2.96. The fraction of sp³-hybridized carbons (Fsp3) is 0.273. The van der Waals surface area contributed by atoms with E-state index in [4.69, 9.17) is 0 Å². The standard InChI is InChI=1S/C11H14N4/c1-2-13-10(11-14-6-7-15-11)9-4-3-5-12-8-9/h3-8,10,13H,2H2,1H3,(H,14,15). The quantitative estimate of drug-likeness (QED) is 0.790. The fourth-order valence-electron chi connectivity index (χ4n) is 1.56. The molecule has 78 valence electrons. The number of aromatic amines is 1.